The molecule has 3 N–H and O–H groups in total. The third kappa shape index (κ3) is 12.6. The van der Waals surface area contributed by atoms with Crippen LogP contribution in [0, 0.1) is 11.3 Å². The highest BCUT2D eigenvalue weighted by atomic mass is 16.2. The largest absolute Gasteiger partial charge is 0.346 e. The van der Waals surface area contributed by atoms with Crippen molar-refractivity contribution in [3.63, 3.8) is 0 Å². The zero-order valence-corrected chi connectivity index (χ0v) is 26.1. The van der Waals surface area contributed by atoms with Crippen molar-refractivity contribution in [1.82, 2.24) is 20.9 Å². The summed E-state index contributed by atoms with van der Waals surface area (Å²) in [5.74, 6) is -2.38. The lowest BCUT2D eigenvalue weighted by Gasteiger charge is -2.35. The maximum atomic E-state index is 13.9. The van der Waals surface area contributed by atoms with E-state index in [2.05, 4.69) is 43.0 Å². The lowest BCUT2D eigenvalue weighted by molar-refractivity contribution is -0.144. The van der Waals surface area contributed by atoms with E-state index in [-0.39, 0.29) is 36.1 Å². The second kappa shape index (κ2) is 18.5. The van der Waals surface area contributed by atoms with Gasteiger partial charge < -0.3 is 20.9 Å². The van der Waals surface area contributed by atoms with Crippen molar-refractivity contribution in [3.8, 4) is 0 Å². The monoisotopic (exact) mass is 574 g/mol. The van der Waals surface area contributed by atoms with Gasteiger partial charge in [0.2, 0.25) is 23.5 Å². The van der Waals surface area contributed by atoms with E-state index in [1.165, 1.54) is 12.5 Å². The molecule has 2 rings (SSSR count). The maximum Gasteiger partial charge on any atom is 0.289 e. The highest BCUT2D eigenvalue weighted by Gasteiger charge is 2.41. The van der Waals surface area contributed by atoms with Gasteiger partial charge in [-0.25, -0.2) is 0 Å². The molecule has 0 aromatic heterocycles. The molecule has 0 radical (unpaired) electrons. The molecule has 9 heteroatoms. The van der Waals surface area contributed by atoms with Gasteiger partial charge in [0.25, 0.3) is 5.91 Å². The van der Waals surface area contributed by atoms with E-state index >= 15 is 0 Å². The minimum atomic E-state index is -1.02. The molecule has 2 fully saturated rings. The van der Waals surface area contributed by atoms with Gasteiger partial charge in [0.1, 0.15) is 12.1 Å². The quantitative estimate of drug-likeness (QED) is 0.224. The van der Waals surface area contributed by atoms with Crippen LogP contribution in [0.3, 0.4) is 0 Å². The van der Waals surface area contributed by atoms with E-state index in [4.69, 9.17) is 0 Å². The topological polar surface area (TPSA) is 125 Å². The van der Waals surface area contributed by atoms with Crippen LogP contribution in [0.2, 0.25) is 0 Å². The summed E-state index contributed by atoms with van der Waals surface area (Å²) in [6.45, 7) is 17.9. The predicted molar refractivity (Wildman–Crippen MR) is 163 cm³/mol. The Hall–Kier alpha value is -2.97. The van der Waals surface area contributed by atoms with Gasteiger partial charge in [0.05, 0.1) is 6.04 Å². The number of carbonyl (C=O) groups is 5. The van der Waals surface area contributed by atoms with Crippen LogP contribution in [0.4, 0.5) is 0 Å². The average Bonchev–Trinajstić information content (AvgIpc) is 3.42. The number of nitrogens with one attached hydrogen (secondary N) is 3. The van der Waals surface area contributed by atoms with Crippen molar-refractivity contribution < 1.29 is 24.0 Å². The Labute approximate surface area is 247 Å². The van der Waals surface area contributed by atoms with Gasteiger partial charge in [-0.1, -0.05) is 72.5 Å². The Balaban J connectivity index is 0.00000268. The number of hydrogen-bond acceptors (Lipinski definition) is 5. The van der Waals surface area contributed by atoms with Crippen LogP contribution in [-0.4, -0.2) is 65.5 Å². The van der Waals surface area contributed by atoms with Gasteiger partial charge >= 0.3 is 0 Å². The molecule has 1 saturated heterocycles. The predicted octanol–water partition coefficient (Wildman–Crippen LogP) is 4.22. The van der Waals surface area contributed by atoms with Crippen LogP contribution in [-0.2, 0) is 24.0 Å². The van der Waals surface area contributed by atoms with Gasteiger partial charge in [-0.15, -0.1) is 13.2 Å². The first-order valence-corrected chi connectivity index (χ1v) is 15.3. The SMILES string of the molecule is C=CCCC(NC(=O)[C@@H]1CCCN1C(=O)[C@@H](NC(=O)CC(C)(C)C)C1CCCCC1)C(=O)C(=O)NCC=C.CCC. The van der Waals surface area contributed by atoms with Crippen molar-refractivity contribution in [2.75, 3.05) is 13.1 Å². The third-order valence-electron chi connectivity index (χ3n) is 7.16. The summed E-state index contributed by atoms with van der Waals surface area (Å²) in [5.41, 5.74) is -0.217. The van der Waals surface area contributed by atoms with Gasteiger partial charge in [0, 0.05) is 19.5 Å². The zero-order valence-electron chi connectivity index (χ0n) is 26.1. The lowest BCUT2D eigenvalue weighted by Crippen LogP contribution is -2.58. The molecule has 1 aliphatic carbocycles. The molecular weight excluding hydrogens is 520 g/mol. The summed E-state index contributed by atoms with van der Waals surface area (Å²) in [6.07, 6.45) is 11.2. The summed E-state index contributed by atoms with van der Waals surface area (Å²) < 4.78 is 0. The standard InChI is InChI=1S/C29H46N4O5.C3H8/c1-6-8-15-21(25(35)27(37)30-17-7-2)31-26(36)22-16-12-18-33(22)28(38)24(20-13-10-9-11-14-20)32-23(34)19-29(3,4)5;1-3-2/h6-7,20-22,24H,1-2,8-19H2,3-5H3,(H,30,37)(H,31,36)(H,32,34);3H2,1-2H3/t21?,22-,24-;/m0./s1. The summed E-state index contributed by atoms with van der Waals surface area (Å²) in [6, 6.07) is -2.46. The summed E-state index contributed by atoms with van der Waals surface area (Å²) >= 11 is 0. The molecule has 1 saturated carbocycles. The molecule has 41 heavy (non-hydrogen) atoms. The number of carbonyl (C=O) groups excluding carboxylic acids is 5. The Morgan fingerprint density at radius 3 is 2.12 bits per heavy atom. The molecule has 1 unspecified atom stereocenters. The molecular formula is C32H54N4O5. The maximum absolute atomic E-state index is 13.9. The van der Waals surface area contributed by atoms with Crippen molar-refractivity contribution in [1.29, 1.82) is 0 Å². The number of Topliss-reactive ketones (excluding diaryl/α,β-unsaturated/α-hetero) is 1. The van der Waals surface area contributed by atoms with Crippen LogP contribution in [0.5, 0.6) is 0 Å². The van der Waals surface area contributed by atoms with Crippen LogP contribution >= 0.6 is 0 Å². The number of ketones is 1. The number of rotatable bonds is 13. The van der Waals surface area contributed by atoms with Crippen LogP contribution in [0.25, 0.3) is 0 Å². The first-order valence-electron chi connectivity index (χ1n) is 15.3. The Morgan fingerprint density at radius 1 is 0.927 bits per heavy atom. The molecule has 1 heterocycles. The van der Waals surface area contributed by atoms with Crippen LogP contribution < -0.4 is 16.0 Å². The molecule has 0 aromatic carbocycles. The third-order valence-corrected chi connectivity index (χ3v) is 7.16. The van der Waals surface area contributed by atoms with Gasteiger partial charge in [-0.3, -0.25) is 24.0 Å². The van der Waals surface area contributed by atoms with E-state index in [9.17, 15) is 24.0 Å². The molecule has 2 aliphatic rings. The second-order valence-corrected chi connectivity index (χ2v) is 12.4. The second-order valence-electron chi connectivity index (χ2n) is 12.4. The molecule has 3 atom stereocenters. The number of amides is 4. The van der Waals surface area contributed by atoms with E-state index in [0.29, 0.717) is 32.2 Å². The Bertz CT molecular complexity index is 904. The van der Waals surface area contributed by atoms with Crippen molar-refractivity contribution in [2.24, 2.45) is 11.3 Å². The molecule has 4 amide bonds. The lowest BCUT2D eigenvalue weighted by atomic mass is 9.82. The van der Waals surface area contributed by atoms with E-state index < -0.39 is 35.7 Å². The summed E-state index contributed by atoms with van der Waals surface area (Å²) in [5, 5.41) is 8.19. The number of nitrogens with zero attached hydrogens (tertiary/aromatic N) is 1. The number of likely N-dealkylation sites (tertiary alicyclic amines) is 1. The molecule has 232 valence electrons. The van der Waals surface area contributed by atoms with Crippen molar-refractivity contribution >= 4 is 29.4 Å². The van der Waals surface area contributed by atoms with Gasteiger partial charge in [-0.05, 0) is 49.9 Å². The smallest absolute Gasteiger partial charge is 0.289 e. The molecule has 1 aliphatic heterocycles. The van der Waals surface area contributed by atoms with Crippen LogP contribution in [0.15, 0.2) is 25.3 Å². The highest BCUT2D eigenvalue weighted by molar-refractivity contribution is 6.38. The Kier molecular flexibility index (Phi) is 16.2. The van der Waals surface area contributed by atoms with E-state index in [1.54, 1.807) is 11.0 Å². The minimum absolute atomic E-state index is 0.0277. The van der Waals surface area contributed by atoms with E-state index in [1.807, 2.05) is 20.8 Å². The van der Waals surface area contributed by atoms with Crippen molar-refractivity contribution in [2.45, 2.75) is 123 Å². The Morgan fingerprint density at radius 2 is 1.56 bits per heavy atom. The first kappa shape index (κ1) is 36.1. The summed E-state index contributed by atoms with van der Waals surface area (Å²) in [7, 11) is 0. The fourth-order valence-electron chi connectivity index (χ4n) is 5.27. The average molecular weight is 575 g/mol. The highest BCUT2D eigenvalue weighted by Crippen LogP contribution is 2.30. The normalized spacial score (nSPS) is 18.7. The minimum Gasteiger partial charge on any atom is -0.346 e. The molecule has 9 nitrogen and oxygen atoms in total. The van der Waals surface area contributed by atoms with Gasteiger partial charge in [-0.2, -0.15) is 0 Å². The first-order chi connectivity index (χ1) is 19.4. The molecule has 0 aromatic rings. The molecule has 0 bridgehead atoms. The number of allylic oxidation sites excluding steroid dienone is 1. The van der Waals surface area contributed by atoms with E-state index in [0.717, 1.165) is 32.1 Å². The van der Waals surface area contributed by atoms with Gasteiger partial charge in [0.15, 0.2) is 0 Å². The number of hydrogen-bond donors (Lipinski definition) is 3. The summed E-state index contributed by atoms with van der Waals surface area (Å²) in [4.78, 5) is 66.6. The fourth-order valence-corrected chi connectivity index (χ4v) is 5.27. The zero-order chi connectivity index (χ0) is 31.0. The fraction of sp³-hybridized carbons (Fsp3) is 0.719. The molecule has 0 spiro atoms. The van der Waals surface area contributed by atoms with Crippen LogP contribution in [0.1, 0.15) is 105 Å². The van der Waals surface area contributed by atoms with Crippen molar-refractivity contribution in [3.05, 3.63) is 25.3 Å².